The lowest BCUT2D eigenvalue weighted by Crippen LogP contribution is -2.52. The molecule has 2 atom stereocenters. The van der Waals surface area contributed by atoms with Gasteiger partial charge in [0.2, 0.25) is 0 Å². The molecule has 0 bridgehead atoms. The van der Waals surface area contributed by atoms with Crippen molar-refractivity contribution in [3.63, 3.8) is 0 Å². The van der Waals surface area contributed by atoms with E-state index in [1.807, 2.05) is 37.3 Å². The molecule has 0 saturated carbocycles. The van der Waals surface area contributed by atoms with Gasteiger partial charge in [0, 0.05) is 43.2 Å². The van der Waals surface area contributed by atoms with Crippen LogP contribution in [-0.2, 0) is 4.74 Å². The zero-order valence-corrected chi connectivity index (χ0v) is 22.5. The predicted molar refractivity (Wildman–Crippen MR) is 139 cm³/mol. The summed E-state index contributed by atoms with van der Waals surface area (Å²) in [6, 6.07) is 12.6. The maximum absolute atomic E-state index is 14.8. The van der Waals surface area contributed by atoms with Gasteiger partial charge >= 0.3 is 6.09 Å². The molecule has 38 heavy (non-hydrogen) atoms. The highest BCUT2D eigenvalue weighted by atomic mass is 19.3. The Balaban J connectivity index is 1.66. The number of carbonyl (C=O) groups is 3. The fraction of sp³-hybridized carbons (Fsp3) is 0.500. The average Bonchev–Trinajstić information content (AvgIpc) is 2.87. The van der Waals surface area contributed by atoms with Crippen LogP contribution < -0.4 is 10.6 Å². The van der Waals surface area contributed by atoms with Crippen LogP contribution >= 0.6 is 0 Å². The van der Waals surface area contributed by atoms with Crippen LogP contribution in [0.4, 0.5) is 13.6 Å². The van der Waals surface area contributed by atoms with Crippen molar-refractivity contribution in [3.05, 3.63) is 65.0 Å². The molecule has 2 aromatic rings. The first kappa shape index (κ1) is 29.0. The van der Waals surface area contributed by atoms with Crippen LogP contribution in [0.2, 0.25) is 0 Å². The molecule has 1 aliphatic rings. The third-order valence-electron chi connectivity index (χ3n) is 6.49. The highest BCUT2D eigenvalue weighted by Crippen LogP contribution is 2.35. The molecule has 0 radical (unpaired) electrons. The van der Waals surface area contributed by atoms with Gasteiger partial charge in [0.05, 0.1) is 6.54 Å². The number of hydrogen-bond donors (Lipinski definition) is 2. The van der Waals surface area contributed by atoms with Crippen LogP contribution in [-0.4, -0.2) is 66.0 Å². The van der Waals surface area contributed by atoms with Gasteiger partial charge in [-0.25, -0.2) is 18.6 Å². The standard InChI is InChI=1S/C28H36F2N4O4/c1-18(19-9-7-6-8-10-19)22-15-20(16-23(33-22)25(36)31-5)24(35)32-13-11-21-12-14-34(17-28(21,29)30)26(37)38-27(2,3)4/h6-10,15-16,18,21H,11-14,17H2,1-5H3,(H,31,36)(H,32,35)/t18-,21?/m0/s1. The number of aromatic nitrogens is 1. The summed E-state index contributed by atoms with van der Waals surface area (Å²) in [7, 11) is 1.48. The number of benzene rings is 1. The average molecular weight is 531 g/mol. The quantitative estimate of drug-likeness (QED) is 0.545. The number of rotatable bonds is 7. The Bertz CT molecular complexity index is 1150. The van der Waals surface area contributed by atoms with Gasteiger partial charge in [-0.05, 0) is 51.3 Å². The minimum atomic E-state index is -3.11. The van der Waals surface area contributed by atoms with E-state index in [2.05, 4.69) is 15.6 Å². The van der Waals surface area contributed by atoms with Crippen LogP contribution in [0, 0.1) is 5.92 Å². The van der Waals surface area contributed by atoms with E-state index >= 15 is 0 Å². The molecule has 0 spiro atoms. The van der Waals surface area contributed by atoms with Crippen molar-refractivity contribution in [3.8, 4) is 0 Å². The molecule has 0 aliphatic carbocycles. The normalized spacial score (nSPS) is 17.9. The molecule has 1 aliphatic heterocycles. The molecule has 1 aromatic heterocycles. The zero-order valence-electron chi connectivity index (χ0n) is 22.5. The number of ether oxygens (including phenoxy) is 1. The largest absolute Gasteiger partial charge is 0.444 e. The summed E-state index contributed by atoms with van der Waals surface area (Å²) in [5.74, 6) is -5.19. The smallest absolute Gasteiger partial charge is 0.410 e. The lowest BCUT2D eigenvalue weighted by atomic mass is 9.90. The maximum Gasteiger partial charge on any atom is 0.410 e. The van der Waals surface area contributed by atoms with Crippen molar-refractivity contribution < 1.29 is 27.9 Å². The number of amides is 3. The number of pyridine rings is 1. The summed E-state index contributed by atoms with van der Waals surface area (Å²) in [4.78, 5) is 43.0. The number of nitrogens with zero attached hydrogens (tertiary/aromatic N) is 2. The molecule has 1 fully saturated rings. The van der Waals surface area contributed by atoms with Crippen molar-refractivity contribution in [2.45, 2.75) is 58.0 Å². The highest BCUT2D eigenvalue weighted by molar-refractivity contribution is 5.98. The lowest BCUT2D eigenvalue weighted by molar-refractivity contribution is -0.112. The summed E-state index contributed by atoms with van der Waals surface area (Å²) in [5.41, 5.74) is 1.07. The van der Waals surface area contributed by atoms with Crippen LogP contribution in [0.1, 0.15) is 78.6 Å². The number of halogens is 2. The van der Waals surface area contributed by atoms with Gasteiger partial charge in [0.25, 0.3) is 17.7 Å². The summed E-state index contributed by atoms with van der Waals surface area (Å²) < 4.78 is 34.9. The second kappa shape index (κ2) is 11.9. The van der Waals surface area contributed by atoms with Gasteiger partial charge in [-0.2, -0.15) is 0 Å². The number of carbonyl (C=O) groups excluding carboxylic acids is 3. The van der Waals surface area contributed by atoms with E-state index < -0.39 is 41.9 Å². The van der Waals surface area contributed by atoms with Crippen molar-refractivity contribution in [2.24, 2.45) is 5.92 Å². The van der Waals surface area contributed by atoms with Gasteiger partial charge in [-0.1, -0.05) is 37.3 Å². The Hall–Kier alpha value is -3.56. The van der Waals surface area contributed by atoms with Crippen molar-refractivity contribution >= 4 is 17.9 Å². The molecule has 206 valence electrons. The van der Waals surface area contributed by atoms with Gasteiger partial charge < -0.3 is 20.3 Å². The Labute approximate surface area is 222 Å². The van der Waals surface area contributed by atoms with Gasteiger partial charge in [0.1, 0.15) is 11.3 Å². The molecule has 1 aromatic carbocycles. The number of alkyl halides is 2. The van der Waals surface area contributed by atoms with Crippen molar-refractivity contribution in [1.82, 2.24) is 20.5 Å². The van der Waals surface area contributed by atoms with Gasteiger partial charge in [0.15, 0.2) is 0 Å². The zero-order chi connectivity index (χ0) is 28.1. The van der Waals surface area contributed by atoms with Crippen LogP contribution in [0.5, 0.6) is 0 Å². The van der Waals surface area contributed by atoms with E-state index in [1.54, 1.807) is 26.8 Å². The number of likely N-dealkylation sites (tertiary alicyclic amines) is 1. The first-order valence-electron chi connectivity index (χ1n) is 12.7. The van der Waals surface area contributed by atoms with Crippen molar-refractivity contribution in [1.29, 1.82) is 0 Å². The highest BCUT2D eigenvalue weighted by Gasteiger charge is 2.46. The third-order valence-corrected chi connectivity index (χ3v) is 6.49. The molecular formula is C28H36F2N4O4. The van der Waals surface area contributed by atoms with Crippen LogP contribution in [0.25, 0.3) is 0 Å². The van der Waals surface area contributed by atoms with Crippen LogP contribution in [0.15, 0.2) is 42.5 Å². The van der Waals surface area contributed by atoms with Gasteiger partial charge in [-0.3, -0.25) is 9.59 Å². The summed E-state index contributed by atoms with van der Waals surface area (Å²) in [5, 5.41) is 5.22. The molecular weight excluding hydrogens is 494 g/mol. The predicted octanol–water partition coefficient (Wildman–Crippen LogP) is 4.61. The fourth-order valence-corrected chi connectivity index (χ4v) is 4.35. The van der Waals surface area contributed by atoms with E-state index in [1.165, 1.54) is 13.1 Å². The first-order chi connectivity index (χ1) is 17.8. The Morgan fingerprint density at radius 1 is 1.16 bits per heavy atom. The molecule has 3 amide bonds. The monoisotopic (exact) mass is 530 g/mol. The molecule has 3 rings (SSSR count). The van der Waals surface area contributed by atoms with Crippen molar-refractivity contribution in [2.75, 3.05) is 26.7 Å². The van der Waals surface area contributed by atoms with E-state index in [4.69, 9.17) is 4.74 Å². The molecule has 1 saturated heterocycles. The topological polar surface area (TPSA) is 101 Å². The van der Waals surface area contributed by atoms with Gasteiger partial charge in [-0.15, -0.1) is 0 Å². The van der Waals surface area contributed by atoms with E-state index in [0.717, 1.165) is 10.5 Å². The molecule has 1 unspecified atom stereocenters. The molecule has 8 nitrogen and oxygen atoms in total. The minimum absolute atomic E-state index is 0.0206. The summed E-state index contributed by atoms with van der Waals surface area (Å²) in [6.45, 7) is 6.44. The molecule has 10 heteroatoms. The van der Waals surface area contributed by atoms with Crippen LogP contribution in [0.3, 0.4) is 0 Å². The third kappa shape index (κ3) is 7.49. The SMILES string of the molecule is CNC(=O)c1cc(C(=O)NCCC2CCN(C(=O)OC(C)(C)C)CC2(F)F)cc([C@@H](C)c2ccccc2)n1. The minimum Gasteiger partial charge on any atom is -0.444 e. The second-order valence-corrected chi connectivity index (χ2v) is 10.6. The summed E-state index contributed by atoms with van der Waals surface area (Å²) in [6.07, 6.45) is -0.618. The number of nitrogens with one attached hydrogen (secondary N) is 2. The number of piperidine rings is 1. The second-order valence-electron chi connectivity index (χ2n) is 10.6. The molecule has 2 heterocycles. The lowest BCUT2D eigenvalue weighted by Gasteiger charge is -2.38. The Kier molecular flexibility index (Phi) is 9.06. The Morgan fingerprint density at radius 3 is 2.45 bits per heavy atom. The van der Waals surface area contributed by atoms with E-state index in [0.29, 0.717) is 5.69 Å². The molecule has 2 N–H and O–H groups in total. The Morgan fingerprint density at radius 2 is 1.84 bits per heavy atom. The van der Waals surface area contributed by atoms with E-state index in [9.17, 15) is 23.2 Å². The number of hydrogen-bond acceptors (Lipinski definition) is 5. The maximum atomic E-state index is 14.8. The summed E-state index contributed by atoms with van der Waals surface area (Å²) >= 11 is 0. The fourth-order valence-electron chi connectivity index (χ4n) is 4.35. The first-order valence-corrected chi connectivity index (χ1v) is 12.7. The van der Waals surface area contributed by atoms with E-state index in [-0.39, 0.29) is 43.1 Å².